The van der Waals surface area contributed by atoms with Gasteiger partial charge in [-0.25, -0.2) is 8.78 Å². The minimum Gasteiger partial charge on any atom is -0.356 e. The molecule has 0 aliphatic rings. The Morgan fingerprint density at radius 1 is 1.14 bits per heavy atom. The monoisotopic (exact) mass is 320 g/mol. The number of aryl methyl sites for hydroxylation is 1. The summed E-state index contributed by atoms with van der Waals surface area (Å²) in [6.45, 7) is 3.91. The summed E-state index contributed by atoms with van der Waals surface area (Å²) in [6.07, 6.45) is 0.893. The third kappa shape index (κ3) is 4.01. The molecular formula is C17H18F2N2S. The van der Waals surface area contributed by atoms with Gasteiger partial charge in [-0.3, -0.25) is 0 Å². The van der Waals surface area contributed by atoms with Crippen molar-refractivity contribution in [3.63, 3.8) is 0 Å². The lowest BCUT2D eigenvalue weighted by molar-refractivity contribution is 0.505. The summed E-state index contributed by atoms with van der Waals surface area (Å²) in [5.41, 5.74) is 2.74. The van der Waals surface area contributed by atoms with E-state index in [0.717, 1.165) is 23.7 Å². The fraction of sp³-hybridized carbons (Fsp3) is 0.235. The van der Waals surface area contributed by atoms with Crippen LogP contribution in [-0.2, 0) is 6.42 Å². The number of para-hydroxylation sites is 1. The molecule has 0 amide bonds. The van der Waals surface area contributed by atoms with Gasteiger partial charge in [-0.1, -0.05) is 31.2 Å². The zero-order valence-electron chi connectivity index (χ0n) is 12.5. The standard InChI is InChI=1S/C17H18F2N2S/c1-3-12-6-4-5-7-16(12)21-17(22)20-11(2)13-8-9-14(18)15(19)10-13/h4-11H,3H2,1-2H3,(H2,20,21,22)/t11-/m0/s1. The average Bonchev–Trinajstić information content (AvgIpc) is 2.50. The molecule has 0 heterocycles. The van der Waals surface area contributed by atoms with Gasteiger partial charge in [0.15, 0.2) is 16.7 Å². The Hall–Kier alpha value is -2.01. The summed E-state index contributed by atoms with van der Waals surface area (Å²) in [5.74, 6) is -1.71. The minimum absolute atomic E-state index is 0.233. The van der Waals surface area contributed by atoms with Gasteiger partial charge in [0.25, 0.3) is 0 Å². The second-order valence-electron chi connectivity index (χ2n) is 5.00. The molecular weight excluding hydrogens is 302 g/mol. The van der Waals surface area contributed by atoms with E-state index < -0.39 is 11.6 Å². The Labute approximate surface area is 134 Å². The second-order valence-corrected chi connectivity index (χ2v) is 5.41. The van der Waals surface area contributed by atoms with Crippen LogP contribution in [0.4, 0.5) is 14.5 Å². The van der Waals surface area contributed by atoms with Crippen molar-refractivity contribution in [2.24, 2.45) is 0 Å². The SMILES string of the molecule is CCc1ccccc1NC(=S)N[C@@H](C)c1ccc(F)c(F)c1. The van der Waals surface area contributed by atoms with Crippen molar-refractivity contribution in [1.82, 2.24) is 5.32 Å². The molecule has 0 aliphatic carbocycles. The lowest BCUT2D eigenvalue weighted by atomic mass is 10.1. The van der Waals surface area contributed by atoms with E-state index in [0.29, 0.717) is 10.7 Å². The molecule has 0 aliphatic heterocycles. The van der Waals surface area contributed by atoms with Crippen LogP contribution in [0.15, 0.2) is 42.5 Å². The van der Waals surface area contributed by atoms with E-state index in [4.69, 9.17) is 12.2 Å². The summed E-state index contributed by atoms with van der Waals surface area (Å²) >= 11 is 5.29. The fourth-order valence-electron chi connectivity index (χ4n) is 2.17. The number of hydrogen-bond acceptors (Lipinski definition) is 1. The van der Waals surface area contributed by atoms with Crippen LogP contribution in [0, 0.1) is 11.6 Å². The molecule has 0 saturated heterocycles. The van der Waals surface area contributed by atoms with Crippen LogP contribution in [0.5, 0.6) is 0 Å². The Balaban J connectivity index is 2.03. The molecule has 2 N–H and O–H groups in total. The van der Waals surface area contributed by atoms with E-state index in [9.17, 15) is 8.78 Å². The maximum absolute atomic E-state index is 13.3. The van der Waals surface area contributed by atoms with Gasteiger partial charge in [0.05, 0.1) is 6.04 Å². The molecule has 0 fully saturated rings. The molecule has 2 aromatic carbocycles. The zero-order chi connectivity index (χ0) is 16.1. The van der Waals surface area contributed by atoms with Crippen molar-refractivity contribution >= 4 is 23.0 Å². The fourth-order valence-corrected chi connectivity index (χ4v) is 2.46. The summed E-state index contributed by atoms with van der Waals surface area (Å²) in [6, 6.07) is 11.5. The Morgan fingerprint density at radius 2 is 1.86 bits per heavy atom. The number of nitrogens with one attached hydrogen (secondary N) is 2. The van der Waals surface area contributed by atoms with E-state index in [2.05, 4.69) is 17.6 Å². The van der Waals surface area contributed by atoms with Crippen molar-refractivity contribution in [3.8, 4) is 0 Å². The van der Waals surface area contributed by atoms with E-state index >= 15 is 0 Å². The van der Waals surface area contributed by atoms with Crippen LogP contribution >= 0.6 is 12.2 Å². The van der Waals surface area contributed by atoms with Crippen LogP contribution in [0.1, 0.15) is 31.0 Å². The normalized spacial score (nSPS) is 11.8. The second kappa shape index (κ2) is 7.31. The Kier molecular flexibility index (Phi) is 5.44. The zero-order valence-corrected chi connectivity index (χ0v) is 13.3. The first-order valence-corrected chi connectivity index (χ1v) is 7.52. The highest BCUT2D eigenvalue weighted by Gasteiger charge is 2.11. The molecule has 2 nitrogen and oxygen atoms in total. The number of halogens is 2. The third-order valence-electron chi connectivity index (χ3n) is 3.44. The van der Waals surface area contributed by atoms with E-state index in [1.54, 1.807) is 6.07 Å². The van der Waals surface area contributed by atoms with E-state index in [1.165, 1.54) is 6.07 Å². The first-order chi connectivity index (χ1) is 10.5. The highest BCUT2D eigenvalue weighted by molar-refractivity contribution is 7.80. The molecule has 2 rings (SSSR count). The topological polar surface area (TPSA) is 24.1 Å². The van der Waals surface area contributed by atoms with Gasteiger partial charge in [0, 0.05) is 5.69 Å². The summed E-state index contributed by atoms with van der Waals surface area (Å²) < 4.78 is 26.2. The van der Waals surface area contributed by atoms with Crippen molar-refractivity contribution < 1.29 is 8.78 Å². The van der Waals surface area contributed by atoms with Crippen molar-refractivity contribution in [2.45, 2.75) is 26.3 Å². The number of benzene rings is 2. The van der Waals surface area contributed by atoms with Crippen molar-refractivity contribution in [2.75, 3.05) is 5.32 Å². The minimum atomic E-state index is -0.860. The molecule has 0 spiro atoms. The van der Waals surface area contributed by atoms with Crippen LogP contribution in [0.3, 0.4) is 0 Å². The number of rotatable bonds is 4. The third-order valence-corrected chi connectivity index (χ3v) is 3.66. The highest BCUT2D eigenvalue weighted by atomic mass is 32.1. The lowest BCUT2D eigenvalue weighted by Gasteiger charge is -2.18. The molecule has 0 saturated carbocycles. The smallest absolute Gasteiger partial charge is 0.171 e. The molecule has 2 aromatic rings. The average molecular weight is 320 g/mol. The van der Waals surface area contributed by atoms with Crippen molar-refractivity contribution in [3.05, 3.63) is 65.2 Å². The molecule has 1 atom stereocenters. The predicted molar refractivity (Wildman–Crippen MR) is 89.9 cm³/mol. The van der Waals surface area contributed by atoms with Crippen LogP contribution in [0.2, 0.25) is 0 Å². The molecule has 0 bridgehead atoms. The van der Waals surface area contributed by atoms with Gasteiger partial charge in [-0.15, -0.1) is 0 Å². The molecule has 0 aromatic heterocycles. The Morgan fingerprint density at radius 3 is 2.55 bits per heavy atom. The van der Waals surface area contributed by atoms with Crippen LogP contribution in [0.25, 0.3) is 0 Å². The van der Waals surface area contributed by atoms with E-state index in [-0.39, 0.29) is 6.04 Å². The molecule has 0 unspecified atom stereocenters. The van der Waals surface area contributed by atoms with Crippen LogP contribution in [-0.4, -0.2) is 5.11 Å². The molecule has 0 radical (unpaired) electrons. The first kappa shape index (κ1) is 16.4. The van der Waals surface area contributed by atoms with Gasteiger partial charge in [-0.2, -0.15) is 0 Å². The molecule has 5 heteroatoms. The maximum atomic E-state index is 13.3. The highest BCUT2D eigenvalue weighted by Crippen LogP contribution is 2.18. The first-order valence-electron chi connectivity index (χ1n) is 7.11. The van der Waals surface area contributed by atoms with Gasteiger partial charge in [0.1, 0.15) is 0 Å². The number of thiocarbonyl (C=S) groups is 1. The number of hydrogen-bond donors (Lipinski definition) is 2. The van der Waals surface area contributed by atoms with Crippen LogP contribution < -0.4 is 10.6 Å². The quantitative estimate of drug-likeness (QED) is 0.807. The lowest BCUT2D eigenvalue weighted by Crippen LogP contribution is -2.31. The van der Waals surface area contributed by atoms with E-state index in [1.807, 2.05) is 31.2 Å². The van der Waals surface area contributed by atoms with Gasteiger partial charge in [0.2, 0.25) is 0 Å². The summed E-state index contributed by atoms with van der Waals surface area (Å²) in [7, 11) is 0. The molecule has 116 valence electrons. The maximum Gasteiger partial charge on any atom is 0.171 e. The Bertz CT molecular complexity index is 673. The van der Waals surface area contributed by atoms with Gasteiger partial charge < -0.3 is 10.6 Å². The summed E-state index contributed by atoms with van der Waals surface area (Å²) in [4.78, 5) is 0. The summed E-state index contributed by atoms with van der Waals surface area (Å²) in [5, 5.41) is 6.66. The molecule has 22 heavy (non-hydrogen) atoms. The predicted octanol–water partition coefficient (Wildman–Crippen LogP) is 4.57. The van der Waals surface area contributed by atoms with Gasteiger partial charge >= 0.3 is 0 Å². The van der Waals surface area contributed by atoms with Gasteiger partial charge in [-0.05, 0) is 54.9 Å². The number of anilines is 1. The largest absolute Gasteiger partial charge is 0.356 e. The van der Waals surface area contributed by atoms with Crippen molar-refractivity contribution in [1.29, 1.82) is 0 Å².